The molecule has 1 aliphatic rings. The molecule has 1 saturated heterocycles. The van der Waals surface area contributed by atoms with E-state index in [-0.39, 0.29) is 12.7 Å². The Morgan fingerprint density at radius 3 is 2.74 bits per heavy atom. The number of carbonyl (C=O) groups is 2. The van der Waals surface area contributed by atoms with E-state index in [1.54, 1.807) is 31.2 Å². The molecule has 0 unspecified atom stereocenters. The summed E-state index contributed by atoms with van der Waals surface area (Å²) in [7, 11) is 2.01. The molecule has 0 spiro atoms. The molecule has 0 saturated carbocycles. The fraction of sp³-hybridized carbons (Fsp3) is 0.429. The lowest BCUT2D eigenvalue weighted by atomic mass is 10.1. The summed E-state index contributed by atoms with van der Waals surface area (Å²) in [5.74, 6) is -0.866. The lowest BCUT2D eigenvalue weighted by molar-refractivity contribution is -0.137. The van der Waals surface area contributed by atoms with Crippen molar-refractivity contribution in [3.63, 3.8) is 0 Å². The summed E-state index contributed by atoms with van der Waals surface area (Å²) in [6.45, 7) is 3.60. The molecular formula is C14H17NO4. The van der Waals surface area contributed by atoms with Gasteiger partial charge >= 0.3 is 5.97 Å². The highest BCUT2D eigenvalue weighted by molar-refractivity contribution is 6.40. The molecule has 0 amide bonds. The van der Waals surface area contributed by atoms with E-state index in [0.29, 0.717) is 11.3 Å². The van der Waals surface area contributed by atoms with Gasteiger partial charge in [-0.15, -0.1) is 0 Å². The van der Waals surface area contributed by atoms with Gasteiger partial charge in [-0.05, 0) is 26.1 Å². The van der Waals surface area contributed by atoms with Gasteiger partial charge in [-0.3, -0.25) is 9.69 Å². The maximum absolute atomic E-state index is 11.8. The van der Waals surface area contributed by atoms with Gasteiger partial charge in [-0.2, -0.15) is 0 Å². The van der Waals surface area contributed by atoms with E-state index < -0.39 is 11.8 Å². The summed E-state index contributed by atoms with van der Waals surface area (Å²) in [6.07, 6.45) is 0.151. The normalized spacial score (nSPS) is 15.7. The number of ether oxygens (including phenoxy) is 2. The predicted molar refractivity (Wildman–Crippen MR) is 69.3 cm³/mol. The van der Waals surface area contributed by atoms with E-state index in [0.717, 1.165) is 13.1 Å². The Morgan fingerprint density at radius 2 is 2.11 bits per heavy atom. The minimum Gasteiger partial charge on any atom is -0.488 e. The number of Topliss-reactive ketones (excluding diaryl/α,β-unsaturated/α-hetero) is 1. The molecular weight excluding hydrogens is 246 g/mol. The van der Waals surface area contributed by atoms with E-state index in [4.69, 9.17) is 4.74 Å². The third-order valence-corrected chi connectivity index (χ3v) is 2.89. The average molecular weight is 263 g/mol. The van der Waals surface area contributed by atoms with Gasteiger partial charge in [0.2, 0.25) is 0 Å². The summed E-state index contributed by atoms with van der Waals surface area (Å²) in [4.78, 5) is 25.3. The van der Waals surface area contributed by atoms with Crippen LogP contribution in [0.5, 0.6) is 5.75 Å². The molecule has 0 radical (unpaired) electrons. The molecule has 0 aliphatic carbocycles. The first kappa shape index (κ1) is 13.5. The maximum atomic E-state index is 11.8. The monoisotopic (exact) mass is 263 g/mol. The molecule has 0 aromatic heterocycles. The molecule has 0 N–H and O–H groups in total. The summed E-state index contributed by atoms with van der Waals surface area (Å²) >= 11 is 0. The van der Waals surface area contributed by atoms with Gasteiger partial charge in [0, 0.05) is 18.7 Å². The van der Waals surface area contributed by atoms with Crippen LogP contribution in [0.1, 0.15) is 17.3 Å². The van der Waals surface area contributed by atoms with Gasteiger partial charge in [-0.25, -0.2) is 4.79 Å². The van der Waals surface area contributed by atoms with Gasteiger partial charge in [-0.1, -0.05) is 12.1 Å². The second-order valence-electron chi connectivity index (χ2n) is 4.54. The number of nitrogens with zero attached hydrogens (tertiary/aromatic N) is 1. The number of benzene rings is 1. The van der Waals surface area contributed by atoms with Crippen LogP contribution in [-0.2, 0) is 9.53 Å². The van der Waals surface area contributed by atoms with Crippen LogP contribution in [0.4, 0.5) is 0 Å². The summed E-state index contributed by atoms with van der Waals surface area (Å²) in [6, 6.07) is 6.64. The number of likely N-dealkylation sites (N-methyl/N-ethyl adjacent to an activating group) is 1. The number of ketones is 1. The van der Waals surface area contributed by atoms with Crippen molar-refractivity contribution in [3.05, 3.63) is 29.8 Å². The standard InChI is InChI=1S/C14H17NO4/c1-3-18-14(17)13(16)10-5-4-6-11(7-10)19-12-8-15(2)9-12/h4-7,12H,3,8-9H2,1-2H3. The summed E-state index contributed by atoms with van der Waals surface area (Å²) in [5, 5.41) is 0. The first-order chi connectivity index (χ1) is 9.10. The van der Waals surface area contributed by atoms with Crippen molar-refractivity contribution in [3.8, 4) is 5.75 Å². The molecule has 1 heterocycles. The largest absolute Gasteiger partial charge is 0.488 e. The van der Waals surface area contributed by atoms with E-state index in [1.807, 2.05) is 7.05 Å². The van der Waals surface area contributed by atoms with Crippen molar-refractivity contribution >= 4 is 11.8 Å². The van der Waals surface area contributed by atoms with Crippen LogP contribution in [-0.4, -0.2) is 49.5 Å². The fourth-order valence-corrected chi connectivity index (χ4v) is 1.93. The third-order valence-electron chi connectivity index (χ3n) is 2.89. The van der Waals surface area contributed by atoms with Crippen LogP contribution in [0.15, 0.2) is 24.3 Å². The average Bonchev–Trinajstić information content (AvgIpc) is 2.37. The van der Waals surface area contributed by atoms with E-state index >= 15 is 0 Å². The van der Waals surface area contributed by atoms with Crippen LogP contribution in [0.3, 0.4) is 0 Å². The second kappa shape index (κ2) is 5.84. The molecule has 102 valence electrons. The molecule has 0 bridgehead atoms. The number of hydrogen-bond acceptors (Lipinski definition) is 5. The molecule has 1 aromatic rings. The summed E-state index contributed by atoms with van der Waals surface area (Å²) < 4.78 is 10.4. The van der Waals surface area contributed by atoms with Crippen LogP contribution < -0.4 is 4.74 Å². The molecule has 19 heavy (non-hydrogen) atoms. The number of carbonyl (C=O) groups excluding carboxylic acids is 2. The fourth-order valence-electron chi connectivity index (χ4n) is 1.93. The van der Waals surface area contributed by atoms with Crippen molar-refractivity contribution < 1.29 is 19.1 Å². The van der Waals surface area contributed by atoms with Gasteiger partial charge in [0.15, 0.2) is 0 Å². The van der Waals surface area contributed by atoms with Crippen LogP contribution in [0.2, 0.25) is 0 Å². The highest BCUT2D eigenvalue weighted by Crippen LogP contribution is 2.19. The van der Waals surface area contributed by atoms with E-state index in [9.17, 15) is 9.59 Å². The first-order valence-corrected chi connectivity index (χ1v) is 6.27. The Hall–Kier alpha value is -1.88. The van der Waals surface area contributed by atoms with Crippen LogP contribution in [0, 0.1) is 0 Å². The van der Waals surface area contributed by atoms with Crippen molar-refractivity contribution in [2.75, 3.05) is 26.7 Å². The van der Waals surface area contributed by atoms with Crippen molar-refractivity contribution in [1.29, 1.82) is 0 Å². The Balaban J connectivity index is 2.02. The minimum absolute atomic E-state index is 0.151. The Morgan fingerprint density at radius 1 is 1.37 bits per heavy atom. The zero-order chi connectivity index (χ0) is 13.8. The molecule has 2 rings (SSSR count). The molecule has 1 fully saturated rings. The zero-order valence-corrected chi connectivity index (χ0v) is 11.1. The highest BCUT2D eigenvalue weighted by atomic mass is 16.5. The van der Waals surface area contributed by atoms with Crippen LogP contribution >= 0.6 is 0 Å². The quantitative estimate of drug-likeness (QED) is 0.453. The maximum Gasteiger partial charge on any atom is 0.379 e. The molecule has 0 atom stereocenters. The minimum atomic E-state index is -0.831. The highest BCUT2D eigenvalue weighted by Gasteiger charge is 2.25. The molecule has 5 heteroatoms. The van der Waals surface area contributed by atoms with E-state index in [2.05, 4.69) is 9.64 Å². The Kier molecular flexibility index (Phi) is 4.16. The molecule has 5 nitrogen and oxygen atoms in total. The smallest absolute Gasteiger partial charge is 0.379 e. The number of likely N-dealkylation sites (tertiary alicyclic amines) is 1. The first-order valence-electron chi connectivity index (χ1n) is 6.27. The van der Waals surface area contributed by atoms with Gasteiger partial charge in [0.1, 0.15) is 11.9 Å². The Bertz CT molecular complexity index is 480. The van der Waals surface area contributed by atoms with Crippen molar-refractivity contribution in [2.24, 2.45) is 0 Å². The second-order valence-corrected chi connectivity index (χ2v) is 4.54. The third kappa shape index (κ3) is 3.32. The lowest BCUT2D eigenvalue weighted by Crippen LogP contribution is -2.51. The van der Waals surface area contributed by atoms with Crippen molar-refractivity contribution in [2.45, 2.75) is 13.0 Å². The van der Waals surface area contributed by atoms with Gasteiger partial charge in [0.05, 0.1) is 6.61 Å². The van der Waals surface area contributed by atoms with Gasteiger partial charge < -0.3 is 9.47 Å². The number of hydrogen-bond donors (Lipinski definition) is 0. The lowest BCUT2D eigenvalue weighted by Gasteiger charge is -2.36. The number of esters is 1. The molecule has 1 aliphatic heterocycles. The zero-order valence-electron chi connectivity index (χ0n) is 11.1. The predicted octanol–water partition coefficient (Wildman–Crippen LogP) is 1.13. The Labute approximate surface area is 112 Å². The van der Waals surface area contributed by atoms with Crippen molar-refractivity contribution in [1.82, 2.24) is 4.90 Å². The molecule has 1 aromatic carbocycles. The topological polar surface area (TPSA) is 55.8 Å². The number of rotatable bonds is 5. The van der Waals surface area contributed by atoms with Crippen LogP contribution in [0.25, 0.3) is 0 Å². The van der Waals surface area contributed by atoms with E-state index in [1.165, 1.54) is 0 Å². The van der Waals surface area contributed by atoms with Gasteiger partial charge in [0.25, 0.3) is 5.78 Å². The summed E-state index contributed by atoms with van der Waals surface area (Å²) in [5.41, 5.74) is 0.295. The SMILES string of the molecule is CCOC(=O)C(=O)c1cccc(OC2CN(C)C2)c1.